The molecule has 0 radical (unpaired) electrons. The van der Waals surface area contributed by atoms with Gasteiger partial charge in [-0.25, -0.2) is 4.79 Å². The predicted octanol–water partition coefficient (Wildman–Crippen LogP) is 3.86. The molecule has 0 aromatic heterocycles. The minimum absolute atomic E-state index is 0.348. The van der Waals surface area contributed by atoms with Crippen molar-refractivity contribution in [1.29, 1.82) is 0 Å². The van der Waals surface area contributed by atoms with Crippen molar-refractivity contribution in [2.24, 2.45) is 0 Å². The number of carbonyl (C=O) groups excluding carboxylic acids is 3. The van der Waals surface area contributed by atoms with Crippen molar-refractivity contribution in [2.45, 2.75) is 26.3 Å². The van der Waals surface area contributed by atoms with Gasteiger partial charge in [-0.1, -0.05) is 60.7 Å². The summed E-state index contributed by atoms with van der Waals surface area (Å²) in [6.07, 6.45) is 0. The number of anilines is 1. The van der Waals surface area contributed by atoms with E-state index in [0.29, 0.717) is 11.3 Å². The molecule has 6 nitrogen and oxygen atoms in total. The Labute approximate surface area is 174 Å². The Hall–Kier alpha value is -3.67. The smallest absolute Gasteiger partial charge is 0.324 e. The van der Waals surface area contributed by atoms with Gasteiger partial charge in [0.25, 0.3) is 5.91 Å². The van der Waals surface area contributed by atoms with E-state index in [2.05, 4.69) is 10.6 Å². The molecule has 2 N–H and O–H groups in total. The highest BCUT2D eigenvalue weighted by Gasteiger charge is 2.50. The molecule has 0 spiro atoms. The maximum Gasteiger partial charge on any atom is 0.325 e. The summed E-state index contributed by atoms with van der Waals surface area (Å²) in [4.78, 5) is 39.5. The van der Waals surface area contributed by atoms with E-state index in [1.54, 1.807) is 6.92 Å². The van der Waals surface area contributed by atoms with Crippen LogP contribution in [0.25, 0.3) is 10.8 Å². The highest BCUT2D eigenvalue weighted by molar-refractivity contribution is 6.11. The molecule has 1 saturated heterocycles. The van der Waals surface area contributed by atoms with E-state index in [-0.39, 0.29) is 6.54 Å². The molecule has 1 fully saturated rings. The number of urea groups is 1. The van der Waals surface area contributed by atoms with Crippen LogP contribution in [0.3, 0.4) is 0 Å². The summed E-state index contributed by atoms with van der Waals surface area (Å²) < 4.78 is 0. The second kappa shape index (κ2) is 7.30. The average Bonchev–Trinajstić information content (AvgIpc) is 2.94. The van der Waals surface area contributed by atoms with E-state index in [9.17, 15) is 14.4 Å². The monoisotopic (exact) mass is 401 g/mol. The first-order chi connectivity index (χ1) is 14.3. The zero-order valence-corrected chi connectivity index (χ0v) is 17.2. The van der Waals surface area contributed by atoms with E-state index < -0.39 is 23.4 Å². The van der Waals surface area contributed by atoms with Crippen molar-refractivity contribution in [2.75, 3.05) is 11.9 Å². The van der Waals surface area contributed by atoms with Crippen molar-refractivity contribution in [1.82, 2.24) is 10.2 Å². The number of nitrogens with one attached hydrogen (secondary N) is 2. The molecule has 3 aromatic carbocycles. The molecule has 0 bridgehead atoms. The zero-order chi connectivity index (χ0) is 21.5. The quantitative estimate of drug-likeness (QED) is 0.652. The van der Waals surface area contributed by atoms with Gasteiger partial charge in [0.15, 0.2) is 0 Å². The van der Waals surface area contributed by atoms with Crippen molar-refractivity contribution in [3.05, 3.63) is 77.4 Å². The number of carbonyl (C=O) groups is 3. The van der Waals surface area contributed by atoms with Crippen molar-refractivity contribution in [3.8, 4) is 0 Å². The molecule has 0 saturated carbocycles. The molecule has 1 atom stereocenters. The molecule has 3 aromatic rings. The fourth-order valence-electron chi connectivity index (χ4n) is 4.02. The van der Waals surface area contributed by atoms with Crippen LogP contribution in [0.5, 0.6) is 0 Å². The van der Waals surface area contributed by atoms with Crippen LogP contribution < -0.4 is 10.6 Å². The van der Waals surface area contributed by atoms with Crippen LogP contribution in [0.2, 0.25) is 0 Å². The van der Waals surface area contributed by atoms with Gasteiger partial charge in [0.2, 0.25) is 5.91 Å². The molecule has 4 amide bonds. The third-order valence-electron chi connectivity index (χ3n) is 5.65. The molecule has 0 unspecified atom stereocenters. The highest BCUT2D eigenvalue weighted by Crippen LogP contribution is 2.33. The van der Waals surface area contributed by atoms with Gasteiger partial charge < -0.3 is 10.6 Å². The molecular formula is C24H23N3O3. The number of fused-ring (bicyclic) bond motifs is 1. The van der Waals surface area contributed by atoms with Gasteiger partial charge in [0.05, 0.1) is 0 Å². The first kappa shape index (κ1) is 19.6. The first-order valence-electron chi connectivity index (χ1n) is 9.79. The van der Waals surface area contributed by atoms with E-state index in [1.165, 1.54) is 0 Å². The van der Waals surface area contributed by atoms with Gasteiger partial charge in [-0.2, -0.15) is 0 Å². The summed E-state index contributed by atoms with van der Waals surface area (Å²) >= 11 is 0. The fourth-order valence-corrected chi connectivity index (χ4v) is 4.02. The van der Waals surface area contributed by atoms with Gasteiger partial charge in [-0.05, 0) is 48.2 Å². The Bertz CT molecular complexity index is 1160. The summed E-state index contributed by atoms with van der Waals surface area (Å²) in [5, 5.41) is 7.48. The molecule has 6 heteroatoms. The zero-order valence-electron chi connectivity index (χ0n) is 17.2. The standard InChI is InChI=1S/C24H23N3O3/c1-15-8-6-9-16(2)21(15)25-20(28)14-27-22(29)24(3,26-23(27)30)19-13-7-11-17-10-4-5-12-18(17)19/h4-13H,14H2,1-3H3,(H,25,28)(H,26,30)/t24-/m1/s1. The fraction of sp³-hybridized carbons (Fsp3) is 0.208. The van der Waals surface area contributed by atoms with Crippen molar-refractivity contribution in [3.63, 3.8) is 0 Å². The molecule has 30 heavy (non-hydrogen) atoms. The van der Waals surface area contributed by atoms with Crippen LogP contribution in [0.1, 0.15) is 23.6 Å². The van der Waals surface area contributed by atoms with Crippen LogP contribution in [-0.2, 0) is 15.1 Å². The van der Waals surface area contributed by atoms with Crippen molar-refractivity contribution >= 4 is 34.3 Å². The van der Waals surface area contributed by atoms with Crippen LogP contribution >= 0.6 is 0 Å². The summed E-state index contributed by atoms with van der Waals surface area (Å²) in [6.45, 7) is 5.12. The maximum atomic E-state index is 13.3. The summed E-state index contributed by atoms with van der Waals surface area (Å²) in [5.74, 6) is -0.862. The SMILES string of the molecule is Cc1cccc(C)c1NC(=O)CN1C(=O)N[C@](C)(c2cccc3ccccc23)C1=O. The average molecular weight is 401 g/mol. The number of hydrogen-bond donors (Lipinski definition) is 2. The van der Waals surface area contributed by atoms with E-state index in [1.807, 2.05) is 74.5 Å². The molecule has 152 valence electrons. The number of para-hydroxylation sites is 1. The number of nitrogens with zero attached hydrogens (tertiary/aromatic N) is 1. The Morgan fingerprint density at radius 2 is 1.60 bits per heavy atom. The van der Waals surface area contributed by atoms with Gasteiger partial charge in [-0.3, -0.25) is 14.5 Å². The summed E-state index contributed by atoms with van der Waals surface area (Å²) in [5.41, 5.74) is 2.00. The van der Waals surface area contributed by atoms with Crippen molar-refractivity contribution < 1.29 is 14.4 Å². The minimum atomic E-state index is -1.24. The largest absolute Gasteiger partial charge is 0.325 e. The molecule has 1 aliphatic heterocycles. The van der Waals surface area contributed by atoms with Crippen LogP contribution in [0.15, 0.2) is 60.7 Å². The highest BCUT2D eigenvalue weighted by atomic mass is 16.2. The third kappa shape index (κ3) is 3.20. The second-order valence-electron chi connectivity index (χ2n) is 7.79. The summed E-state index contributed by atoms with van der Waals surface area (Å²) in [6, 6.07) is 18.5. The Balaban J connectivity index is 1.60. The second-order valence-corrected chi connectivity index (χ2v) is 7.79. The van der Waals surface area contributed by atoms with Crippen LogP contribution in [0, 0.1) is 13.8 Å². The van der Waals surface area contributed by atoms with E-state index in [0.717, 1.165) is 26.8 Å². The van der Waals surface area contributed by atoms with Gasteiger partial charge in [0, 0.05) is 5.69 Å². The predicted molar refractivity (Wildman–Crippen MR) is 116 cm³/mol. The third-order valence-corrected chi connectivity index (χ3v) is 5.65. The van der Waals surface area contributed by atoms with E-state index >= 15 is 0 Å². The number of aryl methyl sites for hydroxylation is 2. The number of benzene rings is 3. The molecule has 1 aliphatic rings. The number of imide groups is 1. The lowest BCUT2D eigenvalue weighted by atomic mass is 9.88. The lowest BCUT2D eigenvalue weighted by Gasteiger charge is -2.24. The topological polar surface area (TPSA) is 78.5 Å². The van der Waals surface area contributed by atoms with Gasteiger partial charge >= 0.3 is 6.03 Å². The lowest BCUT2D eigenvalue weighted by molar-refractivity contribution is -0.133. The number of hydrogen-bond acceptors (Lipinski definition) is 3. The number of amides is 4. The van der Waals surface area contributed by atoms with Gasteiger partial charge in [0.1, 0.15) is 12.1 Å². The maximum absolute atomic E-state index is 13.3. The van der Waals surface area contributed by atoms with Crippen LogP contribution in [-0.4, -0.2) is 29.3 Å². The lowest BCUT2D eigenvalue weighted by Crippen LogP contribution is -2.42. The van der Waals surface area contributed by atoms with Gasteiger partial charge in [-0.15, -0.1) is 0 Å². The Kier molecular flexibility index (Phi) is 4.78. The normalized spacial score (nSPS) is 18.6. The Morgan fingerprint density at radius 3 is 2.33 bits per heavy atom. The summed E-state index contributed by atoms with van der Waals surface area (Å²) in [7, 11) is 0. The molecule has 1 heterocycles. The minimum Gasteiger partial charge on any atom is -0.324 e. The molecular weight excluding hydrogens is 378 g/mol. The number of rotatable bonds is 4. The Morgan fingerprint density at radius 1 is 0.967 bits per heavy atom. The molecule has 0 aliphatic carbocycles. The molecule has 4 rings (SSSR count). The van der Waals surface area contributed by atoms with Crippen LogP contribution in [0.4, 0.5) is 10.5 Å². The van der Waals surface area contributed by atoms with E-state index in [4.69, 9.17) is 0 Å². The first-order valence-corrected chi connectivity index (χ1v) is 9.79.